The highest BCUT2D eigenvalue weighted by atomic mass is 16.5. The molecule has 1 aliphatic heterocycles. The van der Waals surface area contributed by atoms with E-state index in [2.05, 4.69) is 19.2 Å². The summed E-state index contributed by atoms with van der Waals surface area (Å²) in [6.45, 7) is 6.12. The van der Waals surface area contributed by atoms with Gasteiger partial charge in [0, 0.05) is 32.4 Å². The summed E-state index contributed by atoms with van der Waals surface area (Å²) in [5.41, 5.74) is 0. The molecule has 1 heterocycles. The van der Waals surface area contributed by atoms with Crippen molar-refractivity contribution in [2.75, 3.05) is 19.6 Å². The van der Waals surface area contributed by atoms with Crippen molar-refractivity contribution in [3.05, 3.63) is 0 Å². The lowest BCUT2D eigenvalue weighted by molar-refractivity contribution is -0.150. The van der Waals surface area contributed by atoms with Crippen LogP contribution in [0, 0.1) is 0 Å². The van der Waals surface area contributed by atoms with Crippen molar-refractivity contribution in [2.24, 2.45) is 0 Å². The smallest absolute Gasteiger partial charge is 0.306 e. The zero-order valence-electron chi connectivity index (χ0n) is 20.8. The fraction of sp³-hybridized carbons (Fsp3) is 0.885. The Morgan fingerprint density at radius 2 is 1.38 bits per heavy atom. The van der Waals surface area contributed by atoms with Gasteiger partial charge in [-0.2, -0.15) is 0 Å². The van der Waals surface area contributed by atoms with Crippen LogP contribution < -0.4 is 5.32 Å². The summed E-state index contributed by atoms with van der Waals surface area (Å²) in [5, 5.41) is 2.80. The number of nitrogens with one attached hydrogen (secondary N) is 1. The predicted molar refractivity (Wildman–Crippen MR) is 129 cm³/mol. The summed E-state index contributed by atoms with van der Waals surface area (Å²) in [4.78, 5) is 37.9. The Bertz CT molecular complexity index is 524. The van der Waals surface area contributed by atoms with Crippen LogP contribution in [0.15, 0.2) is 0 Å². The third kappa shape index (κ3) is 14.5. The lowest BCUT2D eigenvalue weighted by Crippen LogP contribution is -2.31. The topological polar surface area (TPSA) is 75.7 Å². The summed E-state index contributed by atoms with van der Waals surface area (Å²) in [7, 11) is 0. The molecule has 0 saturated carbocycles. The van der Waals surface area contributed by atoms with Crippen LogP contribution in [0.3, 0.4) is 0 Å². The Balaban J connectivity index is 2.01. The molecule has 1 unspecified atom stereocenters. The van der Waals surface area contributed by atoms with Crippen molar-refractivity contribution in [3.63, 3.8) is 0 Å². The van der Waals surface area contributed by atoms with Gasteiger partial charge >= 0.3 is 5.97 Å². The molecule has 1 fully saturated rings. The molecule has 6 heteroatoms. The van der Waals surface area contributed by atoms with Crippen LogP contribution in [0.5, 0.6) is 0 Å². The van der Waals surface area contributed by atoms with Gasteiger partial charge in [0.05, 0.1) is 13.0 Å². The van der Waals surface area contributed by atoms with Crippen LogP contribution in [-0.2, 0) is 19.1 Å². The third-order valence-corrected chi connectivity index (χ3v) is 6.20. The summed E-state index contributed by atoms with van der Waals surface area (Å²) in [6, 6.07) is 0. The molecule has 32 heavy (non-hydrogen) atoms. The second-order valence-electron chi connectivity index (χ2n) is 9.23. The van der Waals surface area contributed by atoms with Crippen molar-refractivity contribution in [3.8, 4) is 0 Å². The van der Waals surface area contributed by atoms with Gasteiger partial charge in [0.15, 0.2) is 0 Å². The fourth-order valence-electron chi connectivity index (χ4n) is 4.10. The largest absolute Gasteiger partial charge is 0.460 e. The number of unbranched alkanes of at least 4 members (excludes halogenated alkanes) is 11. The van der Waals surface area contributed by atoms with Gasteiger partial charge in [-0.05, 0) is 12.8 Å². The van der Waals surface area contributed by atoms with Gasteiger partial charge in [-0.1, -0.05) is 84.5 Å². The second kappa shape index (κ2) is 18.9. The van der Waals surface area contributed by atoms with E-state index < -0.39 is 0 Å². The first-order valence-electron chi connectivity index (χ1n) is 13.3. The van der Waals surface area contributed by atoms with Gasteiger partial charge < -0.3 is 15.0 Å². The summed E-state index contributed by atoms with van der Waals surface area (Å²) >= 11 is 0. The first kappa shape index (κ1) is 28.4. The van der Waals surface area contributed by atoms with Crippen LogP contribution >= 0.6 is 0 Å². The molecule has 186 valence electrons. The van der Waals surface area contributed by atoms with E-state index in [0.29, 0.717) is 32.5 Å². The number of carbonyl (C=O) groups excluding carboxylic acids is 3. The van der Waals surface area contributed by atoms with Crippen molar-refractivity contribution >= 4 is 17.8 Å². The zero-order chi connectivity index (χ0) is 23.4. The summed E-state index contributed by atoms with van der Waals surface area (Å²) < 4.78 is 5.47. The highest BCUT2D eigenvalue weighted by Crippen LogP contribution is 2.17. The molecule has 1 N–H and O–H groups in total. The maximum atomic E-state index is 12.4. The minimum atomic E-state index is -0.347. The number of ether oxygens (including phenoxy) is 1. The van der Waals surface area contributed by atoms with Crippen LogP contribution in [-0.4, -0.2) is 48.4 Å². The molecule has 0 aromatic heterocycles. The molecule has 0 aromatic carbocycles. The number of amides is 2. The van der Waals surface area contributed by atoms with Gasteiger partial charge in [0.1, 0.15) is 6.10 Å². The zero-order valence-corrected chi connectivity index (χ0v) is 20.8. The van der Waals surface area contributed by atoms with Gasteiger partial charge in [0.2, 0.25) is 11.8 Å². The highest BCUT2D eigenvalue weighted by molar-refractivity contribution is 5.81. The molecule has 0 bridgehead atoms. The van der Waals surface area contributed by atoms with Crippen LogP contribution in [0.4, 0.5) is 0 Å². The number of hydrogen-bond donors (Lipinski definition) is 1. The lowest BCUT2D eigenvalue weighted by Gasteiger charge is -2.16. The van der Waals surface area contributed by atoms with E-state index in [0.717, 1.165) is 25.7 Å². The number of rotatable bonds is 19. The van der Waals surface area contributed by atoms with E-state index in [1.54, 1.807) is 0 Å². The van der Waals surface area contributed by atoms with E-state index in [-0.39, 0.29) is 36.7 Å². The lowest BCUT2D eigenvalue weighted by atomic mass is 10.1. The van der Waals surface area contributed by atoms with Gasteiger partial charge in [-0.25, -0.2) is 0 Å². The first-order chi connectivity index (χ1) is 15.6. The fourth-order valence-corrected chi connectivity index (χ4v) is 4.10. The Morgan fingerprint density at radius 1 is 0.781 bits per heavy atom. The monoisotopic (exact) mass is 452 g/mol. The van der Waals surface area contributed by atoms with Crippen LogP contribution in [0.1, 0.15) is 123 Å². The number of nitrogens with zero attached hydrogens (tertiary/aromatic N) is 1. The van der Waals surface area contributed by atoms with Crippen LogP contribution in [0.25, 0.3) is 0 Å². The highest BCUT2D eigenvalue weighted by Gasteiger charge is 2.28. The quantitative estimate of drug-likeness (QED) is 0.207. The maximum Gasteiger partial charge on any atom is 0.306 e. The molecule has 0 aliphatic carbocycles. The van der Waals surface area contributed by atoms with Gasteiger partial charge in [-0.15, -0.1) is 0 Å². The number of carbonyl (C=O) groups is 3. The minimum absolute atomic E-state index is 0.0984. The maximum absolute atomic E-state index is 12.4. The van der Waals surface area contributed by atoms with E-state index in [9.17, 15) is 14.4 Å². The Labute approximate surface area is 196 Å². The van der Waals surface area contributed by atoms with E-state index in [1.807, 2.05) is 4.90 Å². The molecule has 1 rings (SSSR count). The molecule has 1 saturated heterocycles. The number of likely N-dealkylation sites (tertiary alicyclic amines) is 1. The minimum Gasteiger partial charge on any atom is -0.460 e. The molecule has 2 amide bonds. The molecule has 0 aromatic rings. The molecule has 1 aliphatic rings. The molecular weight excluding hydrogens is 404 g/mol. The third-order valence-electron chi connectivity index (χ3n) is 6.20. The van der Waals surface area contributed by atoms with E-state index in [1.165, 1.54) is 57.8 Å². The summed E-state index contributed by atoms with van der Waals surface area (Å²) in [5.74, 6) is -0.277. The SMILES string of the molecule is CCCCCCCCCCCCCC(=O)N1CCC(OC(=O)CCC(=O)NCCCC)C1. The predicted octanol–water partition coefficient (Wildman–Crippen LogP) is 5.53. The second-order valence-corrected chi connectivity index (χ2v) is 9.23. The van der Waals surface area contributed by atoms with Crippen molar-refractivity contribution in [1.29, 1.82) is 0 Å². The van der Waals surface area contributed by atoms with E-state index >= 15 is 0 Å². The number of hydrogen-bond acceptors (Lipinski definition) is 4. The van der Waals surface area contributed by atoms with Crippen LogP contribution in [0.2, 0.25) is 0 Å². The molecule has 1 atom stereocenters. The van der Waals surface area contributed by atoms with E-state index in [4.69, 9.17) is 4.74 Å². The Hall–Kier alpha value is -1.59. The Kier molecular flexibility index (Phi) is 16.8. The van der Waals surface area contributed by atoms with Gasteiger partial charge in [0.25, 0.3) is 0 Å². The first-order valence-corrected chi connectivity index (χ1v) is 13.3. The molecule has 0 radical (unpaired) electrons. The molecule has 0 spiro atoms. The summed E-state index contributed by atoms with van der Waals surface area (Å²) in [6.07, 6.45) is 17.3. The standard InChI is InChI=1S/C26H48N2O4/c1-3-5-7-8-9-10-11-12-13-14-15-16-25(30)28-21-19-23(22-28)32-26(31)18-17-24(29)27-20-6-4-2/h23H,3-22H2,1-2H3,(H,27,29). The Morgan fingerprint density at radius 3 is 2.00 bits per heavy atom. The van der Waals surface area contributed by atoms with Crippen molar-refractivity contribution in [2.45, 2.75) is 129 Å². The normalized spacial score (nSPS) is 15.7. The molecule has 6 nitrogen and oxygen atoms in total. The average molecular weight is 453 g/mol. The van der Waals surface area contributed by atoms with Crippen molar-refractivity contribution < 1.29 is 19.1 Å². The molecular formula is C26H48N2O4. The van der Waals surface area contributed by atoms with Gasteiger partial charge in [-0.3, -0.25) is 14.4 Å². The number of esters is 1. The average Bonchev–Trinajstić information content (AvgIpc) is 3.24. The van der Waals surface area contributed by atoms with Crippen molar-refractivity contribution in [1.82, 2.24) is 10.2 Å².